The van der Waals surface area contributed by atoms with Crippen molar-refractivity contribution in [1.82, 2.24) is 5.16 Å². The highest BCUT2D eigenvalue weighted by molar-refractivity contribution is 5.80. The Morgan fingerprint density at radius 3 is 2.47 bits per heavy atom. The predicted octanol–water partition coefficient (Wildman–Crippen LogP) is 3.98. The normalized spacial score (nSPS) is 12.8. The van der Waals surface area contributed by atoms with Crippen LogP contribution in [-0.4, -0.2) is 5.16 Å². The van der Waals surface area contributed by atoms with Crippen molar-refractivity contribution in [2.45, 2.75) is 12.8 Å². The van der Waals surface area contributed by atoms with Gasteiger partial charge in [-0.15, -0.1) is 0 Å². The molecular formula is C15H13NO. The quantitative estimate of drug-likeness (QED) is 0.656. The van der Waals surface area contributed by atoms with E-state index in [0.29, 0.717) is 0 Å². The summed E-state index contributed by atoms with van der Waals surface area (Å²) in [4.78, 5) is 0. The lowest BCUT2D eigenvalue weighted by Gasteiger charge is -2.08. The van der Waals surface area contributed by atoms with Crippen LogP contribution in [0.4, 0.5) is 0 Å². The number of fused-ring (bicyclic) bond motifs is 1. The molecule has 0 fully saturated rings. The first-order chi connectivity index (χ1) is 8.36. The maximum absolute atomic E-state index is 5.34. The summed E-state index contributed by atoms with van der Waals surface area (Å²) in [5, 5.41) is 5.30. The molecule has 2 nitrogen and oxygen atoms in total. The first-order valence-electron chi connectivity index (χ1n) is 5.75. The molecule has 0 radical (unpaired) electrons. The zero-order valence-corrected chi connectivity index (χ0v) is 9.63. The van der Waals surface area contributed by atoms with Crippen molar-refractivity contribution < 1.29 is 4.52 Å². The molecule has 0 spiro atoms. The third kappa shape index (κ3) is 1.72. The van der Waals surface area contributed by atoms with E-state index >= 15 is 0 Å². The maximum atomic E-state index is 5.34. The molecule has 2 aromatic carbocycles. The fourth-order valence-electron chi connectivity index (χ4n) is 2.12. The Labute approximate surface area is 99.9 Å². The fourth-order valence-corrected chi connectivity index (χ4v) is 2.12. The molecule has 0 N–H and O–H groups in total. The van der Waals surface area contributed by atoms with Crippen LogP contribution >= 0.6 is 0 Å². The van der Waals surface area contributed by atoms with Crippen molar-refractivity contribution >= 4 is 11.0 Å². The fraction of sp³-hybridized carbons (Fsp3) is 0.133. The highest BCUT2D eigenvalue weighted by atomic mass is 16.5. The first-order valence-corrected chi connectivity index (χ1v) is 5.75. The Bertz CT molecular complexity index is 627. The van der Waals surface area contributed by atoms with Gasteiger partial charge in [0.1, 0.15) is 0 Å². The Morgan fingerprint density at radius 1 is 0.941 bits per heavy atom. The highest BCUT2D eigenvalue weighted by Gasteiger charge is 2.15. The van der Waals surface area contributed by atoms with Gasteiger partial charge in [0.15, 0.2) is 5.58 Å². The number of aromatic nitrogens is 1. The Morgan fingerprint density at radius 2 is 1.65 bits per heavy atom. The number of benzene rings is 2. The standard InChI is InChI=1S/C15H13NO/c1-11(12-7-3-2-4-8-12)15-13-9-5-6-10-14(13)17-16-15/h2-11H,1H3. The monoisotopic (exact) mass is 223 g/mol. The van der Waals surface area contributed by atoms with Crippen molar-refractivity contribution in [1.29, 1.82) is 0 Å². The molecule has 1 atom stereocenters. The van der Waals surface area contributed by atoms with Crippen molar-refractivity contribution in [3.05, 3.63) is 65.9 Å². The molecule has 1 heterocycles. The van der Waals surface area contributed by atoms with Crippen LogP contribution < -0.4 is 0 Å². The first kappa shape index (κ1) is 10.1. The van der Waals surface area contributed by atoms with E-state index < -0.39 is 0 Å². The lowest BCUT2D eigenvalue weighted by Crippen LogP contribution is -1.96. The number of hydrogen-bond donors (Lipinski definition) is 0. The molecule has 0 aliphatic rings. The van der Waals surface area contributed by atoms with E-state index in [1.165, 1.54) is 5.56 Å². The lowest BCUT2D eigenvalue weighted by molar-refractivity contribution is 0.443. The van der Waals surface area contributed by atoms with Gasteiger partial charge in [-0.25, -0.2) is 0 Å². The number of nitrogens with zero attached hydrogens (tertiary/aromatic N) is 1. The maximum Gasteiger partial charge on any atom is 0.167 e. The second-order valence-electron chi connectivity index (χ2n) is 4.20. The van der Waals surface area contributed by atoms with E-state index in [1.54, 1.807) is 0 Å². The number of hydrogen-bond acceptors (Lipinski definition) is 2. The van der Waals surface area contributed by atoms with E-state index in [9.17, 15) is 0 Å². The van der Waals surface area contributed by atoms with Crippen molar-refractivity contribution in [2.24, 2.45) is 0 Å². The van der Waals surface area contributed by atoms with Crippen LogP contribution in [0.3, 0.4) is 0 Å². The highest BCUT2D eigenvalue weighted by Crippen LogP contribution is 2.29. The second-order valence-corrected chi connectivity index (χ2v) is 4.20. The molecule has 17 heavy (non-hydrogen) atoms. The lowest BCUT2D eigenvalue weighted by atomic mass is 9.96. The summed E-state index contributed by atoms with van der Waals surface area (Å²) in [5.41, 5.74) is 3.11. The second kappa shape index (κ2) is 4.06. The van der Waals surface area contributed by atoms with Gasteiger partial charge < -0.3 is 4.52 Å². The number of para-hydroxylation sites is 1. The van der Waals surface area contributed by atoms with Crippen LogP contribution in [0.25, 0.3) is 11.0 Å². The van der Waals surface area contributed by atoms with E-state index in [2.05, 4.69) is 30.3 Å². The summed E-state index contributed by atoms with van der Waals surface area (Å²) < 4.78 is 5.34. The van der Waals surface area contributed by atoms with Gasteiger partial charge in [0.05, 0.1) is 5.69 Å². The minimum Gasteiger partial charge on any atom is -0.356 e. The smallest absolute Gasteiger partial charge is 0.167 e. The van der Waals surface area contributed by atoms with Gasteiger partial charge in [0, 0.05) is 11.3 Å². The van der Waals surface area contributed by atoms with E-state index in [0.717, 1.165) is 16.7 Å². The summed E-state index contributed by atoms with van der Waals surface area (Å²) in [7, 11) is 0. The largest absolute Gasteiger partial charge is 0.356 e. The average Bonchev–Trinajstić information content (AvgIpc) is 2.83. The summed E-state index contributed by atoms with van der Waals surface area (Å²) in [6, 6.07) is 18.3. The van der Waals surface area contributed by atoms with Gasteiger partial charge in [-0.05, 0) is 17.7 Å². The zero-order chi connectivity index (χ0) is 11.7. The van der Waals surface area contributed by atoms with Gasteiger partial charge in [0.25, 0.3) is 0 Å². The SMILES string of the molecule is CC(c1ccccc1)c1noc2ccccc12. The van der Waals surface area contributed by atoms with Crippen LogP contribution in [-0.2, 0) is 0 Å². The van der Waals surface area contributed by atoms with Crippen LogP contribution in [0, 0.1) is 0 Å². The minimum atomic E-state index is 0.250. The molecule has 0 amide bonds. The molecule has 1 unspecified atom stereocenters. The van der Waals surface area contributed by atoms with E-state index in [1.807, 2.05) is 36.4 Å². The molecule has 1 aromatic heterocycles. The molecule has 84 valence electrons. The topological polar surface area (TPSA) is 26.0 Å². The summed E-state index contributed by atoms with van der Waals surface area (Å²) in [6.45, 7) is 2.15. The summed E-state index contributed by atoms with van der Waals surface area (Å²) >= 11 is 0. The van der Waals surface area contributed by atoms with Crippen LogP contribution in [0.5, 0.6) is 0 Å². The molecule has 2 heteroatoms. The average molecular weight is 223 g/mol. The van der Waals surface area contributed by atoms with Gasteiger partial charge in [-0.1, -0.05) is 54.5 Å². The van der Waals surface area contributed by atoms with Crippen LogP contribution in [0.15, 0.2) is 59.1 Å². The van der Waals surface area contributed by atoms with Crippen LogP contribution in [0.1, 0.15) is 24.1 Å². The van der Waals surface area contributed by atoms with E-state index in [4.69, 9.17) is 4.52 Å². The molecule has 0 saturated heterocycles. The Hall–Kier alpha value is -2.09. The van der Waals surface area contributed by atoms with Gasteiger partial charge >= 0.3 is 0 Å². The summed E-state index contributed by atoms with van der Waals surface area (Å²) in [5.74, 6) is 0.250. The van der Waals surface area contributed by atoms with Crippen molar-refractivity contribution in [3.63, 3.8) is 0 Å². The van der Waals surface area contributed by atoms with Gasteiger partial charge in [-0.2, -0.15) is 0 Å². The number of rotatable bonds is 2. The van der Waals surface area contributed by atoms with Gasteiger partial charge in [0.2, 0.25) is 0 Å². The molecule has 0 aliphatic heterocycles. The van der Waals surface area contributed by atoms with E-state index in [-0.39, 0.29) is 5.92 Å². The van der Waals surface area contributed by atoms with Crippen molar-refractivity contribution in [2.75, 3.05) is 0 Å². The predicted molar refractivity (Wildman–Crippen MR) is 68.0 cm³/mol. The molecule has 0 bridgehead atoms. The zero-order valence-electron chi connectivity index (χ0n) is 9.63. The molecule has 0 aliphatic carbocycles. The Balaban J connectivity index is 2.10. The van der Waals surface area contributed by atoms with Crippen molar-refractivity contribution in [3.8, 4) is 0 Å². The molecule has 3 aromatic rings. The van der Waals surface area contributed by atoms with Gasteiger partial charge in [-0.3, -0.25) is 0 Å². The minimum absolute atomic E-state index is 0.250. The Kier molecular flexibility index (Phi) is 2.41. The third-order valence-electron chi connectivity index (χ3n) is 3.12. The third-order valence-corrected chi connectivity index (χ3v) is 3.12. The molecule has 0 saturated carbocycles. The summed E-state index contributed by atoms with van der Waals surface area (Å²) in [6.07, 6.45) is 0. The van der Waals surface area contributed by atoms with Crippen LogP contribution in [0.2, 0.25) is 0 Å². The molecular weight excluding hydrogens is 210 g/mol. The molecule has 3 rings (SSSR count).